The third-order valence-electron chi connectivity index (χ3n) is 5.30. The molecular weight excluding hydrogens is 463 g/mol. The molecule has 0 aliphatic rings. The number of nitrogens with zero attached hydrogens (tertiary/aromatic N) is 4. The van der Waals surface area contributed by atoms with E-state index in [-0.39, 0.29) is 17.9 Å². The molecule has 4 rings (SSSR count). The van der Waals surface area contributed by atoms with Gasteiger partial charge in [-0.1, -0.05) is 35.4 Å². The standard InChI is InChI=1S/C23H21FN4O5S/c1-14-6-3-4-9-18(14)28-22(25-26-23(28)31)17-11-21(20(30)12-19(17)29)34(32,33)27(2)13-15-7-5-8-16(24)10-15/h3-12,29-30H,13H2,1-2H3,(H,26,31). The summed E-state index contributed by atoms with van der Waals surface area (Å²) >= 11 is 0. The van der Waals surface area contributed by atoms with Crippen LogP contribution in [-0.4, -0.2) is 49.9 Å². The maximum atomic E-state index is 13.5. The lowest BCUT2D eigenvalue weighted by Crippen LogP contribution is -2.26. The largest absolute Gasteiger partial charge is 0.507 e. The molecule has 0 atom stereocenters. The molecule has 11 heteroatoms. The normalized spacial score (nSPS) is 11.8. The lowest BCUT2D eigenvalue weighted by molar-refractivity contribution is 0.420. The number of phenolic OH excluding ortho intramolecular Hbond substituents is 2. The number of hydrogen-bond acceptors (Lipinski definition) is 7. The summed E-state index contributed by atoms with van der Waals surface area (Å²) in [5.41, 5.74) is 1.61. The first-order chi connectivity index (χ1) is 16.1. The van der Waals surface area contributed by atoms with Gasteiger partial charge in [-0.15, -0.1) is 5.10 Å². The van der Waals surface area contributed by atoms with Crippen molar-refractivity contribution in [2.45, 2.75) is 18.4 Å². The summed E-state index contributed by atoms with van der Waals surface area (Å²) < 4.78 is 42.2. The zero-order chi connectivity index (χ0) is 24.6. The van der Waals surface area contributed by atoms with E-state index >= 15 is 0 Å². The van der Waals surface area contributed by atoms with Crippen LogP contribution in [0.2, 0.25) is 0 Å². The van der Waals surface area contributed by atoms with Gasteiger partial charge >= 0.3 is 6.01 Å². The predicted octanol–water partition coefficient (Wildman–Crippen LogP) is 3.32. The van der Waals surface area contributed by atoms with Crippen molar-refractivity contribution < 1.29 is 28.1 Å². The van der Waals surface area contributed by atoms with Crippen LogP contribution in [0.15, 0.2) is 65.6 Å². The highest BCUT2D eigenvalue weighted by Gasteiger charge is 2.28. The lowest BCUT2D eigenvalue weighted by Gasteiger charge is -2.19. The first-order valence-electron chi connectivity index (χ1n) is 10.1. The number of aromatic hydroxyl groups is 3. The quantitative estimate of drug-likeness (QED) is 0.383. The number of aromatic nitrogens is 3. The molecule has 0 saturated heterocycles. The fourth-order valence-electron chi connectivity index (χ4n) is 3.58. The first-order valence-corrected chi connectivity index (χ1v) is 11.5. The van der Waals surface area contributed by atoms with Crippen LogP contribution in [0.3, 0.4) is 0 Å². The fourth-order valence-corrected chi connectivity index (χ4v) is 4.82. The Morgan fingerprint density at radius 2 is 1.71 bits per heavy atom. The number of para-hydroxylation sites is 1. The summed E-state index contributed by atoms with van der Waals surface area (Å²) in [7, 11) is -2.99. The van der Waals surface area contributed by atoms with Gasteiger partial charge in [0.2, 0.25) is 10.0 Å². The molecule has 0 saturated carbocycles. The molecule has 0 bridgehead atoms. The van der Waals surface area contributed by atoms with Crippen molar-refractivity contribution in [3.05, 3.63) is 77.6 Å². The smallest absolute Gasteiger partial charge is 0.319 e. The molecule has 3 aromatic carbocycles. The van der Waals surface area contributed by atoms with E-state index in [1.165, 1.54) is 29.8 Å². The van der Waals surface area contributed by atoms with Crippen molar-refractivity contribution in [3.63, 3.8) is 0 Å². The Balaban J connectivity index is 1.81. The van der Waals surface area contributed by atoms with E-state index in [1.54, 1.807) is 37.3 Å². The molecule has 9 nitrogen and oxygen atoms in total. The molecule has 0 unspecified atom stereocenters. The Hall–Kier alpha value is -3.96. The number of aryl methyl sites for hydroxylation is 1. The second-order valence-corrected chi connectivity index (χ2v) is 9.69. The minimum absolute atomic E-state index is 0.0338. The van der Waals surface area contributed by atoms with Gasteiger partial charge in [-0.3, -0.25) is 0 Å². The van der Waals surface area contributed by atoms with Crippen molar-refractivity contribution in [2.75, 3.05) is 7.05 Å². The van der Waals surface area contributed by atoms with Gasteiger partial charge in [-0.05, 0) is 42.3 Å². The molecule has 0 aliphatic heterocycles. The average Bonchev–Trinajstić information content (AvgIpc) is 3.15. The SMILES string of the molecule is Cc1ccccc1-n1c(O)nnc1-c1cc(S(=O)(=O)N(C)Cc2cccc(F)c2)c(O)cc1O. The highest BCUT2D eigenvalue weighted by molar-refractivity contribution is 7.89. The van der Waals surface area contributed by atoms with Gasteiger partial charge in [0, 0.05) is 19.7 Å². The monoisotopic (exact) mass is 484 g/mol. The molecule has 0 fully saturated rings. The van der Waals surface area contributed by atoms with E-state index < -0.39 is 38.2 Å². The number of phenols is 2. The maximum Gasteiger partial charge on any atom is 0.319 e. The summed E-state index contributed by atoms with van der Waals surface area (Å²) in [6.45, 7) is 1.64. The van der Waals surface area contributed by atoms with Crippen LogP contribution in [0.5, 0.6) is 17.5 Å². The van der Waals surface area contributed by atoms with E-state index in [9.17, 15) is 28.1 Å². The Bertz CT molecular complexity index is 1490. The van der Waals surface area contributed by atoms with Crippen LogP contribution in [0, 0.1) is 12.7 Å². The third kappa shape index (κ3) is 4.18. The van der Waals surface area contributed by atoms with Crippen molar-refractivity contribution in [1.29, 1.82) is 0 Å². The fraction of sp³-hybridized carbons (Fsp3) is 0.130. The summed E-state index contributed by atoms with van der Waals surface area (Å²) in [5.74, 6) is -1.69. The van der Waals surface area contributed by atoms with Crippen molar-refractivity contribution in [2.24, 2.45) is 0 Å². The van der Waals surface area contributed by atoms with E-state index in [4.69, 9.17) is 0 Å². The number of halogens is 1. The molecule has 1 aromatic heterocycles. The van der Waals surface area contributed by atoms with Gasteiger partial charge in [0.1, 0.15) is 22.2 Å². The number of hydrogen-bond donors (Lipinski definition) is 3. The summed E-state index contributed by atoms with van der Waals surface area (Å²) in [4.78, 5) is -0.502. The first kappa shape index (κ1) is 23.2. The highest BCUT2D eigenvalue weighted by Crippen LogP contribution is 2.39. The Kier molecular flexibility index (Phi) is 5.98. The van der Waals surface area contributed by atoms with Crippen LogP contribution >= 0.6 is 0 Å². The average molecular weight is 485 g/mol. The topological polar surface area (TPSA) is 129 Å². The Labute approximate surface area is 195 Å². The summed E-state index contributed by atoms with van der Waals surface area (Å²) in [6.07, 6.45) is 0. The van der Waals surface area contributed by atoms with Crippen LogP contribution < -0.4 is 0 Å². The lowest BCUT2D eigenvalue weighted by atomic mass is 10.1. The van der Waals surface area contributed by atoms with Crippen molar-refractivity contribution >= 4 is 10.0 Å². The third-order valence-corrected chi connectivity index (χ3v) is 7.14. The molecule has 0 aliphatic carbocycles. The molecule has 34 heavy (non-hydrogen) atoms. The summed E-state index contributed by atoms with van der Waals surface area (Å²) in [5, 5.41) is 38.8. The Morgan fingerprint density at radius 3 is 2.41 bits per heavy atom. The van der Waals surface area contributed by atoms with E-state index in [2.05, 4.69) is 10.2 Å². The van der Waals surface area contributed by atoms with Gasteiger partial charge in [0.25, 0.3) is 0 Å². The van der Waals surface area contributed by atoms with Gasteiger partial charge < -0.3 is 15.3 Å². The van der Waals surface area contributed by atoms with Gasteiger partial charge in [-0.25, -0.2) is 17.4 Å². The minimum Gasteiger partial charge on any atom is -0.507 e. The van der Waals surface area contributed by atoms with Gasteiger partial charge in [0.15, 0.2) is 5.82 Å². The summed E-state index contributed by atoms with van der Waals surface area (Å²) in [6, 6.07) is 14.0. The zero-order valence-electron chi connectivity index (χ0n) is 18.2. The van der Waals surface area contributed by atoms with E-state index in [0.717, 1.165) is 22.0 Å². The molecule has 0 radical (unpaired) electrons. The highest BCUT2D eigenvalue weighted by atomic mass is 32.2. The molecular formula is C23H21FN4O5S. The van der Waals surface area contributed by atoms with E-state index in [0.29, 0.717) is 11.3 Å². The number of benzene rings is 3. The minimum atomic E-state index is -4.28. The van der Waals surface area contributed by atoms with Crippen LogP contribution in [-0.2, 0) is 16.6 Å². The van der Waals surface area contributed by atoms with Crippen molar-refractivity contribution in [3.8, 4) is 34.6 Å². The molecule has 4 aromatic rings. The molecule has 176 valence electrons. The molecule has 3 N–H and O–H groups in total. The molecule has 0 amide bonds. The Morgan fingerprint density at radius 1 is 0.971 bits per heavy atom. The number of rotatable bonds is 6. The maximum absolute atomic E-state index is 13.5. The second-order valence-electron chi connectivity index (χ2n) is 7.67. The number of sulfonamides is 1. The van der Waals surface area contributed by atoms with Gasteiger partial charge in [0.05, 0.1) is 11.3 Å². The molecule has 0 spiro atoms. The molecule has 1 heterocycles. The zero-order valence-corrected chi connectivity index (χ0v) is 19.0. The van der Waals surface area contributed by atoms with Gasteiger partial charge in [-0.2, -0.15) is 4.31 Å². The van der Waals surface area contributed by atoms with E-state index in [1.807, 2.05) is 0 Å². The second kappa shape index (κ2) is 8.76. The predicted molar refractivity (Wildman–Crippen MR) is 122 cm³/mol. The van der Waals surface area contributed by atoms with Crippen LogP contribution in [0.25, 0.3) is 17.1 Å². The van der Waals surface area contributed by atoms with Crippen LogP contribution in [0.4, 0.5) is 4.39 Å². The van der Waals surface area contributed by atoms with Crippen LogP contribution in [0.1, 0.15) is 11.1 Å². The van der Waals surface area contributed by atoms with Crippen molar-refractivity contribution in [1.82, 2.24) is 19.1 Å².